The number of benzene rings is 4. The number of amides is 12. The number of hydrogen-bond acceptors (Lipinski definition) is 15. The highest BCUT2D eigenvalue weighted by Crippen LogP contribution is 2.31. The van der Waals surface area contributed by atoms with E-state index in [-0.39, 0.29) is 72.1 Å². The van der Waals surface area contributed by atoms with Crippen molar-refractivity contribution in [2.24, 2.45) is 5.73 Å². The van der Waals surface area contributed by atoms with E-state index in [2.05, 4.69) is 73.1 Å². The van der Waals surface area contributed by atoms with Crippen LogP contribution in [-0.2, 0) is 101 Å². The number of H-pyrrole nitrogens is 3. The van der Waals surface area contributed by atoms with Gasteiger partial charge < -0.3 is 89.0 Å². The number of rotatable bonds is 12. The Bertz CT molecular complexity index is 4300. The number of carbonyl (C=O) groups is 13. The van der Waals surface area contributed by atoms with E-state index in [0.717, 1.165) is 25.1 Å². The third-order valence-electron chi connectivity index (χ3n) is 17.5. The van der Waals surface area contributed by atoms with Crippen molar-refractivity contribution in [3.63, 3.8) is 0 Å². The Morgan fingerprint density at radius 1 is 0.624 bits per heavy atom. The van der Waals surface area contributed by atoms with Crippen LogP contribution in [0, 0.1) is 11.6 Å². The number of carbonyl (C=O) groups excluding carboxylic acids is 12. The number of nitrogens with two attached hydrogens (primary N) is 1. The molecule has 10 rings (SSSR count). The first kappa shape index (κ1) is 73.2. The molecule has 1 fully saturated rings. The number of fused-ring (bicyclic) bond motifs is 33. The minimum Gasteiger partial charge on any atom is -0.508 e. The zero-order valence-electron chi connectivity index (χ0n) is 54.9. The van der Waals surface area contributed by atoms with E-state index in [4.69, 9.17) is 5.73 Å². The largest absolute Gasteiger partial charge is 0.508 e. The van der Waals surface area contributed by atoms with Crippen molar-refractivity contribution in [1.82, 2.24) is 78.0 Å². The number of primary amides is 1. The standard InChI is InChI=1S/C68H76F2N16O15/c1-34-60(94)76-32-57(90)80-50(21-39-29-73-47-15-11-41(69)23-45(39)47)62(96)81-51(22-40-30-74-48-16-12-42(70)24-46(40)48)63(97)83-54(27-58(91)92)65(99)82-52(25-43-31-72-33-77-43)64(98)84-55(20-37-9-13-44(88)14-10-37)66(100)86-18-4-17-68(86,3)67(101)85-49(59(71)93)19-36-5-7-38(8-6-36)28-75-56(89)26-53(61(95)78-34)79-35(2)87/h5-16,23-24,29-31,33-34,49-55,73-74,88H,4,17-22,25-28,32H2,1-3H3,(H2,71,93)(H,72,77)(H,75,89)(H,76,94)(H,78,95)(H,79,87)(H,80,90)(H,81,96)(H,82,99)(H,83,97)(H,84,98)(H,85,101)(H,91,92)/t34-,49-,50-,51-,52-,53-,54-,55-,68-/m0/s1. The fraction of sp³-hybridized carbons (Fsp3) is 0.353. The highest BCUT2D eigenvalue weighted by atomic mass is 19.1. The van der Waals surface area contributed by atoms with E-state index >= 15 is 9.59 Å². The number of aliphatic carboxylic acids is 1. The second-order valence-electron chi connectivity index (χ2n) is 25.0. The number of aromatic amines is 3. The molecular weight excluding hydrogens is 1320 g/mol. The number of nitrogens with one attached hydrogen (secondary N) is 13. The van der Waals surface area contributed by atoms with E-state index < -0.39 is 181 Å². The average molecular weight is 1400 g/mol. The first-order chi connectivity index (χ1) is 48.1. The molecule has 12 amide bonds. The summed E-state index contributed by atoms with van der Waals surface area (Å²) in [7, 11) is 0. The topological polar surface area (TPSA) is 472 Å². The van der Waals surface area contributed by atoms with Crippen molar-refractivity contribution in [3.05, 3.63) is 155 Å². The van der Waals surface area contributed by atoms with Crippen molar-refractivity contribution in [3.8, 4) is 5.75 Å². The molecule has 0 radical (unpaired) electrons. The number of halogens is 2. The molecule has 1 saturated heterocycles. The number of aromatic nitrogens is 4. The average Bonchev–Trinajstić information content (AvgIpc) is 1.69. The molecule has 2 bridgehead atoms. The number of carboxylic acids is 1. The summed E-state index contributed by atoms with van der Waals surface area (Å²) in [6, 6.07) is 6.25. The van der Waals surface area contributed by atoms with Crippen molar-refractivity contribution >= 4 is 98.7 Å². The molecule has 0 aliphatic carbocycles. The molecule has 3 aromatic heterocycles. The lowest BCUT2D eigenvalue weighted by atomic mass is 9.94. The van der Waals surface area contributed by atoms with Gasteiger partial charge in [0, 0.05) is 92.5 Å². The number of carboxylic acid groups (broad SMARTS) is 1. The Balaban J connectivity index is 1.07. The number of hydrogen-bond donors (Lipinski definition) is 16. The Morgan fingerprint density at radius 3 is 1.76 bits per heavy atom. The van der Waals surface area contributed by atoms with E-state index in [1.165, 1.54) is 86.1 Å². The summed E-state index contributed by atoms with van der Waals surface area (Å²) in [6.07, 6.45) is 2.21. The third-order valence-corrected chi connectivity index (χ3v) is 17.5. The second-order valence-corrected chi connectivity index (χ2v) is 25.0. The minimum atomic E-state index is -2.08. The number of phenols is 1. The Hall–Kier alpha value is -12.1. The van der Waals surface area contributed by atoms with Gasteiger partial charge in [0.25, 0.3) is 0 Å². The molecule has 31 nitrogen and oxygen atoms in total. The SMILES string of the molecule is CC(=O)N[C@H]1CC(=O)NCc2ccc(cc2)C[C@@H](C(N)=O)NC(=O)[C@]2(C)CCCN2C(=O)[C@H](Cc2ccc(O)cc2)NC(=O)[C@H](Cc2c[nH]cn2)NC(=O)[C@H](CC(=O)O)NC(=O)[C@H](Cc2c[nH]c3ccc(F)cc23)NC(=O)[C@H](Cc2c[nH]c3ccc(F)cc23)NC(=O)CNC(=O)[C@H](C)NC1=O. The van der Waals surface area contributed by atoms with Crippen LogP contribution in [0.15, 0.2) is 110 Å². The van der Waals surface area contributed by atoms with E-state index in [1.807, 2.05) is 0 Å². The van der Waals surface area contributed by atoms with Gasteiger partial charge in [-0.2, -0.15) is 0 Å². The molecule has 3 aliphatic heterocycles. The van der Waals surface area contributed by atoms with Gasteiger partial charge in [-0.15, -0.1) is 0 Å². The lowest BCUT2D eigenvalue weighted by Gasteiger charge is -2.37. The summed E-state index contributed by atoms with van der Waals surface area (Å²) < 4.78 is 29.7. The number of imidazole rings is 1. The smallest absolute Gasteiger partial charge is 0.305 e. The summed E-state index contributed by atoms with van der Waals surface area (Å²) in [6.45, 7) is 2.80. The zero-order valence-corrected chi connectivity index (χ0v) is 54.9. The van der Waals surface area contributed by atoms with Crippen molar-refractivity contribution in [2.45, 2.75) is 139 Å². The van der Waals surface area contributed by atoms with Gasteiger partial charge in [0.05, 0.1) is 31.4 Å². The van der Waals surface area contributed by atoms with Gasteiger partial charge in [-0.25, -0.2) is 13.8 Å². The van der Waals surface area contributed by atoms with Crippen LogP contribution in [-0.4, -0.2) is 179 Å². The molecule has 3 aliphatic rings. The van der Waals surface area contributed by atoms with Crippen molar-refractivity contribution in [2.75, 3.05) is 13.1 Å². The molecule has 17 N–H and O–H groups in total. The van der Waals surface area contributed by atoms with Crippen molar-refractivity contribution < 1.29 is 81.3 Å². The molecule has 4 aromatic carbocycles. The second kappa shape index (κ2) is 32.5. The maximum atomic E-state index is 15.2. The molecule has 33 heteroatoms. The maximum absolute atomic E-state index is 15.2. The Morgan fingerprint density at radius 2 is 1.19 bits per heavy atom. The monoisotopic (exact) mass is 1390 g/mol. The predicted molar refractivity (Wildman–Crippen MR) is 355 cm³/mol. The Kier molecular flexibility index (Phi) is 23.6. The predicted octanol–water partition coefficient (Wildman–Crippen LogP) is -0.735. The quantitative estimate of drug-likeness (QED) is 0.0671. The minimum absolute atomic E-state index is 0.0357. The van der Waals surface area contributed by atoms with Gasteiger partial charge in [0.2, 0.25) is 70.9 Å². The van der Waals surface area contributed by atoms with Crippen LogP contribution >= 0.6 is 0 Å². The highest BCUT2D eigenvalue weighted by molar-refractivity contribution is 6.01. The fourth-order valence-electron chi connectivity index (χ4n) is 12.0. The maximum Gasteiger partial charge on any atom is 0.305 e. The van der Waals surface area contributed by atoms with Crippen LogP contribution in [0.3, 0.4) is 0 Å². The first-order valence-corrected chi connectivity index (χ1v) is 32.2. The van der Waals surface area contributed by atoms with Gasteiger partial charge in [-0.1, -0.05) is 36.4 Å². The van der Waals surface area contributed by atoms with E-state index in [1.54, 1.807) is 24.3 Å². The number of nitrogens with zero attached hydrogens (tertiary/aromatic N) is 2. The molecule has 0 unspecified atom stereocenters. The van der Waals surface area contributed by atoms with E-state index in [9.17, 15) is 71.7 Å². The lowest BCUT2D eigenvalue weighted by molar-refractivity contribution is -0.147. The molecule has 7 aromatic rings. The van der Waals surface area contributed by atoms with Crippen LogP contribution in [0.1, 0.15) is 80.0 Å². The van der Waals surface area contributed by atoms with E-state index in [0.29, 0.717) is 27.7 Å². The molecule has 101 heavy (non-hydrogen) atoms. The lowest BCUT2D eigenvalue weighted by Crippen LogP contribution is -2.63. The normalized spacial score (nSPS) is 23.2. The van der Waals surface area contributed by atoms with Crippen LogP contribution in [0.5, 0.6) is 5.75 Å². The number of phenolic OH excluding ortho intramolecular Hbond substituents is 1. The van der Waals surface area contributed by atoms with Gasteiger partial charge in [-0.3, -0.25) is 62.3 Å². The molecule has 532 valence electrons. The summed E-state index contributed by atoms with van der Waals surface area (Å²) in [5, 5.41) is 46.1. The highest BCUT2D eigenvalue weighted by Gasteiger charge is 2.49. The third kappa shape index (κ3) is 19.2. The molecule has 0 spiro atoms. The van der Waals surface area contributed by atoms with Crippen LogP contribution < -0.4 is 58.9 Å². The molecule has 9 atom stereocenters. The molecule has 6 heterocycles. The summed E-state index contributed by atoms with van der Waals surface area (Å²) >= 11 is 0. The van der Waals surface area contributed by atoms with Gasteiger partial charge in [-0.05, 0) is 103 Å². The molecular formula is C68H76F2N16O15. The number of aromatic hydroxyl groups is 1. The first-order valence-electron chi connectivity index (χ1n) is 32.2. The van der Waals surface area contributed by atoms with Crippen LogP contribution in [0.2, 0.25) is 0 Å². The van der Waals surface area contributed by atoms with Gasteiger partial charge >= 0.3 is 5.97 Å². The van der Waals surface area contributed by atoms with Gasteiger partial charge in [0.15, 0.2) is 0 Å². The van der Waals surface area contributed by atoms with Crippen LogP contribution in [0.4, 0.5) is 8.78 Å². The van der Waals surface area contributed by atoms with Crippen molar-refractivity contribution in [1.29, 1.82) is 0 Å². The van der Waals surface area contributed by atoms with Crippen LogP contribution in [0.25, 0.3) is 21.8 Å². The zero-order chi connectivity index (χ0) is 72.8. The summed E-state index contributed by atoms with van der Waals surface area (Å²) in [5.74, 6) is -14.8. The molecule has 0 saturated carbocycles. The van der Waals surface area contributed by atoms with Gasteiger partial charge in [0.1, 0.15) is 71.3 Å². The fourth-order valence-corrected chi connectivity index (χ4v) is 12.0. The summed E-state index contributed by atoms with van der Waals surface area (Å²) in [4.78, 5) is 196. The Labute approximate surface area is 574 Å². The summed E-state index contributed by atoms with van der Waals surface area (Å²) in [5.41, 5.74) is 7.03.